The molecule has 0 aliphatic heterocycles. The number of primary amides is 1. The minimum Gasteiger partial charge on any atom is -0.478 e. The number of carboxylic acids is 1. The van der Waals surface area contributed by atoms with Gasteiger partial charge in [0.1, 0.15) is 17.3 Å². The topological polar surface area (TPSA) is 116 Å². The molecule has 2 aromatic rings. The van der Waals surface area contributed by atoms with Crippen LogP contribution in [0.5, 0.6) is 11.5 Å². The molecule has 2 rings (SSSR count). The predicted molar refractivity (Wildman–Crippen MR) is 72.8 cm³/mol. The molecule has 0 aliphatic carbocycles. The van der Waals surface area contributed by atoms with Crippen LogP contribution in [0.1, 0.15) is 20.7 Å². The van der Waals surface area contributed by atoms with E-state index >= 15 is 0 Å². The van der Waals surface area contributed by atoms with E-state index in [-0.39, 0.29) is 28.3 Å². The Morgan fingerprint density at radius 1 is 1.05 bits per heavy atom. The number of aromatic carboxylic acids is 1. The van der Waals surface area contributed by atoms with Gasteiger partial charge in [-0.1, -0.05) is 0 Å². The van der Waals surface area contributed by atoms with Crippen LogP contribution in [-0.4, -0.2) is 17.0 Å². The summed E-state index contributed by atoms with van der Waals surface area (Å²) in [5.41, 5.74) is 10.3. The SMILES string of the molecule is NC(=O)c1ccc(Oc2ccc(C(=O)O)c(N)c2)cc1F. The lowest BCUT2D eigenvalue weighted by atomic mass is 10.1. The molecule has 0 radical (unpaired) electrons. The highest BCUT2D eigenvalue weighted by molar-refractivity contribution is 5.94. The molecule has 1 amide bonds. The van der Waals surface area contributed by atoms with Gasteiger partial charge in [-0.25, -0.2) is 9.18 Å². The molecule has 0 unspecified atom stereocenters. The van der Waals surface area contributed by atoms with E-state index < -0.39 is 17.7 Å². The maximum Gasteiger partial charge on any atom is 0.337 e. The normalized spacial score (nSPS) is 10.1. The third kappa shape index (κ3) is 3.08. The molecule has 0 spiro atoms. The quantitative estimate of drug-likeness (QED) is 0.745. The van der Waals surface area contributed by atoms with Gasteiger partial charge >= 0.3 is 5.97 Å². The number of rotatable bonds is 4. The lowest BCUT2D eigenvalue weighted by molar-refractivity contribution is 0.0697. The molecular formula is C14H11FN2O4. The van der Waals surface area contributed by atoms with Crippen LogP contribution in [0.3, 0.4) is 0 Å². The van der Waals surface area contributed by atoms with Crippen molar-refractivity contribution in [1.29, 1.82) is 0 Å². The minimum atomic E-state index is -1.16. The van der Waals surface area contributed by atoms with Gasteiger partial charge in [-0.05, 0) is 24.3 Å². The largest absolute Gasteiger partial charge is 0.478 e. The first-order chi connectivity index (χ1) is 9.88. The maximum absolute atomic E-state index is 13.6. The molecule has 21 heavy (non-hydrogen) atoms. The fourth-order valence-electron chi connectivity index (χ4n) is 1.69. The van der Waals surface area contributed by atoms with Gasteiger partial charge in [0.25, 0.3) is 5.91 Å². The summed E-state index contributed by atoms with van der Waals surface area (Å²) in [4.78, 5) is 21.7. The molecular weight excluding hydrogens is 279 g/mol. The smallest absolute Gasteiger partial charge is 0.337 e. The Labute approximate surface area is 118 Å². The fourth-order valence-corrected chi connectivity index (χ4v) is 1.69. The fraction of sp³-hybridized carbons (Fsp3) is 0. The second-order valence-electron chi connectivity index (χ2n) is 4.16. The number of nitrogens with two attached hydrogens (primary N) is 2. The summed E-state index contributed by atoms with van der Waals surface area (Å²) >= 11 is 0. The van der Waals surface area contributed by atoms with Crippen molar-refractivity contribution in [2.45, 2.75) is 0 Å². The summed E-state index contributed by atoms with van der Waals surface area (Å²) in [5, 5.41) is 8.85. The van der Waals surface area contributed by atoms with E-state index in [1.54, 1.807) is 0 Å². The zero-order chi connectivity index (χ0) is 15.6. The molecule has 0 bridgehead atoms. The molecule has 0 saturated heterocycles. The number of carbonyl (C=O) groups is 2. The Bertz CT molecular complexity index is 669. The molecule has 2 aromatic carbocycles. The van der Waals surface area contributed by atoms with E-state index in [2.05, 4.69) is 0 Å². The number of carbonyl (C=O) groups excluding carboxylic acids is 1. The summed E-state index contributed by atoms with van der Waals surface area (Å²) in [7, 11) is 0. The van der Waals surface area contributed by atoms with Crippen LogP contribution >= 0.6 is 0 Å². The summed E-state index contributed by atoms with van der Waals surface area (Å²) in [6.07, 6.45) is 0. The zero-order valence-electron chi connectivity index (χ0n) is 10.7. The van der Waals surface area contributed by atoms with Gasteiger partial charge < -0.3 is 21.3 Å². The third-order valence-corrected chi connectivity index (χ3v) is 2.70. The Hall–Kier alpha value is -3.09. The van der Waals surface area contributed by atoms with E-state index in [4.69, 9.17) is 21.3 Å². The van der Waals surface area contributed by atoms with Crippen LogP contribution in [0.15, 0.2) is 36.4 Å². The summed E-state index contributed by atoms with van der Waals surface area (Å²) in [5.74, 6) is -2.48. The van der Waals surface area contributed by atoms with Crippen LogP contribution in [0.25, 0.3) is 0 Å². The van der Waals surface area contributed by atoms with Crippen LogP contribution in [0, 0.1) is 5.82 Å². The van der Waals surface area contributed by atoms with Crippen molar-refractivity contribution in [1.82, 2.24) is 0 Å². The lowest BCUT2D eigenvalue weighted by Gasteiger charge is -2.08. The highest BCUT2D eigenvalue weighted by Crippen LogP contribution is 2.26. The molecule has 0 aliphatic rings. The monoisotopic (exact) mass is 290 g/mol. The second kappa shape index (κ2) is 5.49. The molecule has 0 saturated carbocycles. The first-order valence-corrected chi connectivity index (χ1v) is 5.78. The first-order valence-electron chi connectivity index (χ1n) is 5.78. The van der Waals surface area contributed by atoms with E-state index in [9.17, 15) is 14.0 Å². The van der Waals surface area contributed by atoms with Crippen LogP contribution in [0.2, 0.25) is 0 Å². The van der Waals surface area contributed by atoms with Crippen molar-refractivity contribution in [2.24, 2.45) is 5.73 Å². The average molecular weight is 290 g/mol. The minimum absolute atomic E-state index is 0.0224. The zero-order valence-corrected chi connectivity index (χ0v) is 10.7. The van der Waals surface area contributed by atoms with Crippen molar-refractivity contribution in [3.05, 3.63) is 53.3 Å². The summed E-state index contributed by atoms with van der Waals surface area (Å²) < 4.78 is 18.9. The standard InChI is InChI=1S/C14H11FN2O4/c15-11-5-7(1-3-9(11)13(17)18)21-8-2-4-10(14(19)20)12(16)6-8/h1-6H,16H2,(H2,17,18)(H,19,20). The first kappa shape index (κ1) is 14.3. The number of benzene rings is 2. The molecule has 6 nitrogen and oxygen atoms in total. The van der Waals surface area contributed by atoms with Crippen molar-refractivity contribution in [2.75, 3.05) is 5.73 Å². The number of carboxylic acid groups (broad SMARTS) is 1. The molecule has 0 atom stereocenters. The van der Waals surface area contributed by atoms with Gasteiger partial charge in [0.05, 0.1) is 11.1 Å². The number of amides is 1. The Balaban J connectivity index is 2.26. The van der Waals surface area contributed by atoms with Gasteiger partial charge in [0.2, 0.25) is 0 Å². The molecule has 5 N–H and O–H groups in total. The van der Waals surface area contributed by atoms with E-state index in [0.717, 1.165) is 6.07 Å². The summed E-state index contributed by atoms with van der Waals surface area (Å²) in [6, 6.07) is 7.54. The van der Waals surface area contributed by atoms with E-state index in [1.165, 1.54) is 30.3 Å². The number of hydrogen-bond donors (Lipinski definition) is 3. The second-order valence-corrected chi connectivity index (χ2v) is 4.16. The molecule has 0 heterocycles. The molecule has 7 heteroatoms. The number of anilines is 1. The molecule has 0 aromatic heterocycles. The highest BCUT2D eigenvalue weighted by atomic mass is 19.1. The predicted octanol–water partition coefficient (Wildman–Crippen LogP) is 2.00. The Morgan fingerprint density at radius 2 is 1.62 bits per heavy atom. The Morgan fingerprint density at radius 3 is 2.10 bits per heavy atom. The lowest BCUT2D eigenvalue weighted by Crippen LogP contribution is -2.12. The number of ether oxygens (including phenoxy) is 1. The number of halogens is 1. The van der Waals surface area contributed by atoms with Crippen molar-refractivity contribution in [3.63, 3.8) is 0 Å². The summed E-state index contributed by atoms with van der Waals surface area (Å²) in [6.45, 7) is 0. The number of hydrogen-bond acceptors (Lipinski definition) is 4. The van der Waals surface area contributed by atoms with Gasteiger partial charge in [-0.15, -0.1) is 0 Å². The number of nitrogen functional groups attached to an aromatic ring is 1. The highest BCUT2D eigenvalue weighted by Gasteiger charge is 2.11. The van der Waals surface area contributed by atoms with Crippen molar-refractivity contribution in [3.8, 4) is 11.5 Å². The van der Waals surface area contributed by atoms with Crippen LogP contribution < -0.4 is 16.2 Å². The molecule has 0 fully saturated rings. The van der Waals surface area contributed by atoms with Crippen LogP contribution in [0.4, 0.5) is 10.1 Å². The van der Waals surface area contributed by atoms with Gasteiger partial charge in [0.15, 0.2) is 0 Å². The van der Waals surface area contributed by atoms with Crippen molar-refractivity contribution >= 4 is 17.6 Å². The maximum atomic E-state index is 13.6. The third-order valence-electron chi connectivity index (χ3n) is 2.70. The van der Waals surface area contributed by atoms with Gasteiger partial charge in [-0.2, -0.15) is 0 Å². The van der Waals surface area contributed by atoms with E-state index in [0.29, 0.717) is 0 Å². The average Bonchev–Trinajstić information content (AvgIpc) is 2.37. The van der Waals surface area contributed by atoms with Crippen molar-refractivity contribution < 1.29 is 23.8 Å². The van der Waals surface area contributed by atoms with Gasteiger partial charge in [-0.3, -0.25) is 4.79 Å². The Kier molecular flexibility index (Phi) is 3.75. The van der Waals surface area contributed by atoms with Gasteiger partial charge in [0, 0.05) is 17.8 Å². The molecule has 108 valence electrons. The van der Waals surface area contributed by atoms with E-state index in [1.807, 2.05) is 0 Å². The van der Waals surface area contributed by atoms with Crippen LogP contribution in [-0.2, 0) is 0 Å².